The monoisotopic (exact) mass is 424 g/mol. The maximum Gasteiger partial charge on any atom is 0.268 e. The number of rotatable bonds is 4. The van der Waals surface area contributed by atoms with Crippen molar-refractivity contribution in [2.24, 2.45) is 0 Å². The predicted molar refractivity (Wildman–Crippen MR) is 111 cm³/mol. The molecule has 0 radical (unpaired) electrons. The second-order valence-electron chi connectivity index (χ2n) is 6.41. The third-order valence-corrected chi connectivity index (χ3v) is 6.63. The van der Waals surface area contributed by atoms with Gasteiger partial charge in [-0.25, -0.2) is 9.37 Å². The fourth-order valence-electron chi connectivity index (χ4n) is 3.11. The van der Waals surface area contributed by atoms with Gasteiger partial charge in [0, 0.05) is 5.56 Å². The Kier molecular flexibility index (Phi) is 4.33. The van der Waals surface area contributed by atoms with E-state index in [2.05, 4.69) is 15.1 Å². The van der Waals surface area contributed by atoms with Crippen molar-refractivity contribution < 1.29 is 8.91 Å². The first-order valence-corrected chi connectivity index (χ1v) is 10.4. The molecule has 0 aliphatic rings. The highest BCUT2D eigenvalue weighted by Gasteiger charge is 2.21. The lowest BCUT2D eigenvalue weighted by molar-refractivity contribution is 0.433. The van der Waals surface area contributed by atoms with Crippen LogP contribution < -0.4 is 5.56 Å². The minimum atomic E-state index is -0.353. The van der Waals surface area contributed by atoms with Crippen LogP contribution in [0.25, 0.3) is 31.7 Å². The molecule has 0 bridgehead atoms. The van der Waals surface area contributed by atoms with E-state index in [4.69, 9.17) is 4.52 Å². The Hall–Kier alpha value is -3.17. The van der Waals surface area contributed by atoms with E-state index in [1.54, 1.807) is 18.2 Å². The van der Waals surface area contributed by atoms with Crippen molar-refractivity contribution in [1.29, 1.82) is 0 Å². The minimum Gasteiger partial charge on any atom is -0.333 e. The highest BCUT2D eigenvalue weighted by Crippen LogP contribution is 2.36. The van der Waals surface area contributed by atoms with Crippen molar-refractivity contribution in [3.63, 3.8) is 0 Å². The second kappa shape index (κ2) is 7.02. The zero-order chi connectivity index (χ0) is 20.0. The molecule has 0 spiro atoms. The van der Waals surface area contributed by atoms with E-state index in [0.29, 0.717) is 32.4 Å². The minimum absolute atomic E-state index is 0.113. The maximum absolute atomic E-state index is 14.0. The zero-order valence-electron chi connectivity index (χ0n) is 15.1. The lowest BCUT2D eigenvalue weighted by Crippen LogP contribution is -2.21. The molecule has 0 atom stereocenters. The lowest BCUT2D eigenvalue weighted by atomic mass is 10.2. The van der Waals surface area contributed by atoms with Crippen molar-refractivity contribution >= 4 is 32.9 Å². The molecule has 4 aromatic heterocycles. The molecule has 29 heavy (non-hydrogen) atoms. The van der Waals surface area contributed by atoms with Crippen molar-refractivity contribution in [3.8, 4) is 21.5 Å². The lowest BCUT2D eigenvalue weighted by Gasteiger charge is -2.06. The first kappa shape index (κ1) is 17.9. The first-order chi connectivity index (χ1) is 14.1. The molecule has 0 saturated carbocycles. The average molecular weight is 424 g/mol. The molecule has 4 heterocycles. The largest absolute Gasteiger partial charge is 0.333 e. The Bertz CT molecular complexity index is 1390. The van der Waals surface area contributed by atoms with Crippen LogP contribution in [0.2, 0.25) is 0 Å². The van der Waals surface area contributed by atoms with Crippen LogP contribution in [0.1, 0.15) is 11.1 Å². The van der Waals surface area contributed by atoms with Gasteiger partial charge >= 0.3 is 0 Å². The Balaban J connectivity index is 1.58. The summed E-state index contributed by atoms with van der Waals surface area (Å²) in [7, 11) is 0. The van der Waals surface area contributed by atoms with Gasteiger partial charge in [-0.15, -0.1) is 22.7 Å². The van der Waals surface area contributed by atoms with E-state index in [-0.39, 0.29) is 17.9 Å². The standard InChI is InChI=1S/C20H13FN4O2S2/c1-11-15-19(22-10-25(20(15)26)9-12-5-2-3-6-13(12)21)29-16(11)18-23-17(24-27-18)14-7-4-8-28-14/h2-8,10H,9H2,1H3. The number of aryl methyl sites for hydroxylation is 1. The smallest absolute Gasteiger partial charge is 0.268 e. The highest BCUT2D eigenvalue weighted by atomic mass is 32.1. The summed E-state index contributed by atoms with van der Waals surface area (Å²) in [5.74, 6) is 0.514. The maximum atomic E-state index is 14.0. The fraction of sp³-hybridized carbons (Fsp3) is 0.100. The summed E-state index contributed by atoms with van der Waals surface area (Å²) in [4.78, 5) is 24.1. The summed E-state index contributed by atoms with van der Waals surface area (Å²) in [6, 6.07) is 10.2. The van der Waals surface area contributed by atoms with Crippen LogP contribution in [0.5, 0.6) is 0 Å². The zero-order valence-corrected chi connectivity index (χ0v) is 16.8. The van der Waals surface area contributed by atoms with Gasteiger partial charge in [-0.2, -0.15) is 4.98 Å². The van der Waals surface area contributed by atoms with E-state index in [1.165, 1.54) is 39.6 Å². The van der Waals surface area contributed by atoms with E-state index < -0.39 is 0 Å². The van der Waals surface area contributed by atoms with Crippen LogP contribution in [0.3, 0.4) is 0 Å². The summed E-state index contributed by atoms with van der Waals surface area (Å²) in [6.45, 7) is 1.95. The van der Waals surface area contributed by atoms with Crippen LogP contribution in [0, 0.1) is 12.7 Å². The van der Waals surface area contributed by atoms with Crippen LogP contribution in [-0.2, 0) is 6.54 Å². The Morgan fingerprint density at radius 1 is 1.21 bits per heavy atom. The second-order valence-corrected chi connectivity index (χ2v) is 8.35. The first-order valence-electron chi connectivity index (χ1n) is 8.71. The van der Waals surface area contributed by atoms with Gasteiger partial charge in [0.15, 0.2) is 0 Å². The van der Waals surface area contributed by atoms with Crippen molar-refractivity contribution in [2.45, 2.75) is 13.5 Å². The van der Waals surface area contributed by atoms with Crippen LogP contribution >= 0.6 is 22.7 Å². The molecule has 0 saturated heterocycles. The van der Waals surface area contributed by atoms with E-state index >= 15 is 0 Å². The van der Waals surface area contributed by atoms with Gasteiger partial charge in [0.1, 0.15) is 10.6 Å². The number of thiophene rings is 2. The van der Waals surface area contributed by atoms with Gasteiger partial charge in [-0.1, -0.05) is 29.4 Å². The summed E-state index contributed by atoms with van der Waals surface area (Å²) in [5.41, 5.74) is 0.935. The van der Waals surface area contributed by atoms with Crippen LogP contribution in [-0.4, -0.2) is 19.7 Å². The Labute approximate surface area is 171 Å². The van der Waals surface area contributed by atoms with Gasteiger partial charge in [0.2, 0.25) is 5.82 Å². The van der Waals surface area contributed by atoms with E-state index in [9.17, 15) is 9.18 Å². The fourth-order valence-corrected chi connectivity index (χ4v) is 4.82. The number of benzene rings is 1. The van der Waals surface area contributed by atoms with Crippen molar-refractivity contribution in [1.82, 2.24) is 19.7 Å². The molecule has 0 aliphatic heterocycles. The van der Waals surface area contributed by atoms with E-state index in [0.717, 1.165) is 10.4 Å². The number of halogens is 1. The summed E-state index contributed by atoms with van der Waals surface area (Å²) < 4.78 is 20.8. The molecule has 144 valence electrons. The molecule has 9 heteroatoms. The van der Waals surface area contributed by atoms with E-state index in [1.807, 2.05) is 24.4 Å². The normalized spacial score (nSPS) is 11.4. The number of nitrogens with zero attached hydrogens (tertiary/aromatic N) is 4. The quantitative estimate of drug-likeness (QED) is 0.417. The number of aromatic nitrogens is 4. The number of hydrogen-bond donors (Lipinski definition) is 0. The number of fused-ring (bicyclic) bond motifs is 1. The summed E-state index contributed by atoms with van der Waals surface area (Å²) >= 11 is 2.85. The molecule has 0 aliphatic carbocycles. The molecule has 6 nitrogen and oxygen atoms in total. The molecule has 0 unspecified atom stereocenters. The third kappa shape index (κ3) is 3.08. The Morgan fingerprint density at radius 3 is 2.86 bits per heavy atom. The molecule has 1 aromatic carbocycles. The molecule has 0 amide bonds. The van der Waals surface area contributed by atoms with Crippen LogP contribution in [0.15, 0.2) is 57.4 Å². The van der Waals surface area contributed by atoms with Crippen LogP contribution in [0.4, 0.5) is 4.39 Å². The van der Waals surface area contributed by atoms with Gasteiger partial charge in [0.05, 0.1) is 28.0 Å². The summed E-state index contributed by atoms with van der Waals surface area (Å²) in [5, 5.41) is 6.47. The molecular formula is C20H13FN4O2S2. The Morgan fingerprint density at radius 2 is 2.07 bits per heavy atom. The average Bonchev–Trinajstić information content (AvgIpc) is 3.45. The molecule has 0 fully saturated rings. The topological polar surface area (TPSA) is 73.8 Å². The molecule has 0 N–H and O–H groups in total. The van der Waals surface area contributed by atoms with Gasteiger partial charge in [0.25, 0.3) is 11.4 Å². The third-order valence-electron chi connectivity index (χ3n) is 4.58. The number of hydrogen-bond acceptors (Lipinski definition) is 7. The molecule has 5 rings (SSSR count). The van der Waals surface area contributed by atoms with Gasteiger partial charge < -0.3 is 4.52 Å². The van der Waals surface area contributed by atoms with Gasteiger partial charge in [-0.3, -0.25) is 9.36 Å². The predicted octanol–water partition coefficient (Wildman–Crippen LogP) is 4.73. The molecular weight excluding hydrogens is 411 g/mol. The molecule has 5 aromatic rings. The SMILES string of the molecule is Cc1c(-c2nc(-c3cccs3)no2)sc2ncn(Cc3ccccc3F)c(=O)c12. The highest BCUT2D eigenvalue weighted by molar-refractivity contribution is 7.22. The summed E-state index contributed by atoms with van der Waals surface area (Å²) in [6.07, 6.45) is 1.45. The van der Waals surface area contributed by atoms with Gasteiger partial charge in [-0.05, 0) is 30.0 Å². The van der Waals surface area contributed by atoms with Crippen molar-refractivity contribution in [3.05, 3.63) is 75.4 Å². The van der Waals surface area contributed by atoms with Crippen molar-refractivity contribution in [2.75, 3.05) is 0 Å².